The minimum absolute atomic E-state index is 0.0410. The molecule has 1 aliphatic carbocycles. The first kappa shape index (κ1) is 15.1. The van der Waals surface area contributed by atoms with Crippen LogP contribution in [0.3, 0.4) is 0 Å². The summed E-state index contributed by atoms with van der Waals surface area (Å²) in [7, 11) is 0. The van der Waals surface area contributed by atoms with Gasteiger partial charge in [-0.3, -0.25) is 0 Å². The Hall–Kier alpha value is -1.44. The van der Waals surface area contributed by atoms with Gasteiger partial charge in [0.05, 0.1) is 10.6 Å². The van der Waals surface area contributed by atoms with E-state index in [0.717, 1.165) is 18.7 Å². The topological polar surface area (TPSA) is 27.6 Å². The van der Waals surface area contributed by atoms with E-state index in [0.29, 0.717) is 22.9 Å². The van der Waals surface area contributed by atoms with Crippen molar-refractivity contribution in [3.63, 3.8) is 0 Å². The van der Waals surface area contributed by atoms with E-state index >= 15 is 0 Å². The van der Waals surface area contributed by atoms with Gasteiger partial charge in [0.25, 0.3) is 0 Å². The second-order valence-corrected chi connectivity index (χ2v) is 6.99. The predicted octanol–water partition coefficient (Wildman–Crippen LogP) is 4.41. The molecule has 8 heteroatoms. The summed E-state index contributed by atoms with van der Waals surface area (Å²) in [5.41, 5.74) is 0.722. The second kappa shape index (κ2) is 5.29. The van der Waals surface area contributed by atoms with Gasteiger partial charge in [0.1, 0.15) is 23.4 Å². The van der Waals surface area contributed by atoms with E-state index in [9.17, 15) is 17.6 Å². The van der Waals surface area contributed by atoms with E-state index in [1.165, 1.54) is 29.0 Å². The van der Waals surface area contributed by atoms with Crippen molar-refractivity contribution in [3.8, 4) is 0 Å². The Labute approximate surface area is 135 Å². The van der Waals surface area contributed by atoms with E-state index < -0.39 is 18.0 Å². The van der Waals surface area contributed by atoms with Crippen molar-refractivity contribution in [2.75, 3.05) is 11.4 Å². The fourth-order valence-electron chi connectivity index (χ4n) is 3.15. The molecule has 0 aromatic heterocycles. The highest BCUT2D eigenvalue weighted by Gasteiger charge is 2.47. The van der Waals surface area contributed by atoms with Gasteiger partial charge in [-0.2, -0.15) is 13.2 Å². The van der Waals surface area contributed by atoms with Gasteiger partial charge in [-0.15, -0.1) is 0 Å². The molecule has 1 saturated heterocycles. The highest BCUT2D eigenvalue weighted by atomic mass is 32.2. The molecule has 1 aromatic carbocycles. The maximum absolute atomic E-state index is 13.9. The normalized spacial score (nSPS) is 24.3. The van der Waals surface area contributed by atoms with Crippen LogP contribution in [0, 0.1) is 11.7 Å². The van der Waals surface area contributed by atoms with Crippen LogP contribution in [0.2, 0.25) is 0 Å². The molecule has 1 atom stereocenters. The average Bonchev–Trinajstić information content (AvgIpc) is 3.21. The van der Waals surface area contributed by atoms with Crippen LogP contribution in [0.5, 0.6) is 0 Å². The number of halogens is 4. The monoisotopic (exact) mass is 345 g/mol. The van der Waals surface area contributed by atoms with Gasteiger partial charge in [0.2, 0.25) is 0 Å². The van der Waals surface area contributed by atoms with Crippen molar-refractivity contribution in [2.45, 2.75) is 42.8 Å². The molecule has 2 aliphatic heterocycles. The molecule has 23 heavy (non-hydrogen) atoms. The van der Waals surface area contributed by atoms with Crippen molar-refractivity contribution >= 4 is 29.2 Å². The molecule has 0 spiro atoms. The van der Waals surface area contributed by atoms with Gasteiger partial charge >= 0.3 is 6.18 Å². The number of amidine groups is 1. The smallest absolute Gasteiger partial charge is 0.358 e. The molecule has 3 aliphatic rings. The number of rotatable bonds is 2. The fraction of sp³-hybridized carbons (Fsp3) is 0.533. The molecule has 1 N–H and O–H groups in total. The number of hydrogen-bond donors (Lipinski definition) is 1. The molecule has 3 nitrogen and oxygen atoms in total. The van der Waals surface area contributed by atoms with Crippen LogP contribution in [-0.4, -0.2) is 24.6 Å². The van der Waals surface area contributed by atoms with Gasteiger partial charge in [0.15, 0.2) is 0 Å². The minimum Gasteiger partial charge on any atom is -0.358 e. The van der Waals surface area contributed by atoms with Crippen LogP contribution in [0.1, 0.15) is 25.7 Å². The number of nitrogens with one attached hydrogen (secondary N) is 1. The highest BCUT2D eigenvalue weighted by molar-refractivity contribution is 7.98. The van der Waals surface area contributed by atoms with Crippen LogP contribution < -0.4 is 9.62 Å². The zero-order valence-electron chi connectivity index (χ0n) is 12.2. The number of nitrogens with zero attached hydrogens (tertiary/aromatic N) is 2. The quantitative estimate of drug-likeness (QED) is 0.636. The molecule has 0 radical (unpaired) electrons. The van der Waals surface area contributed by atoms with E-state index in [4.69, 9.17) is 0 Å². The maximum atomic E-state index is 13.9. The first-order valence-electron chi connectivity index (χ1n) is 7.62. The standard InChI is InChI=1S/C15H15F4N3S/c16-9-6-10(22-5-1-2-12(22)15(17,18)19)13-11(7-9)23-21-14(20-13)8-3-4-8/h6-8,12H,1-5H2,(H,20,21)/t12-/m1/s1. The lowest BCUT2D eigenvalue weighted by Crippen LogP contribution is -2.41. The largest absolute Gasteiger partial charge is 0.408 e. The lowest BCUT2D eigenvalue weighted by Gasteiger charge is -2.31. The van der Waals surface area contributed by atoms with E-state index in [2.05, 4.69) is 9.71 Å². The molecule has 124 valence electrons. The number of benzene rings is 1. The van der Waals surface area contributed by atoms with Gasteiger partial charge in [-0.1, -0.05) is 0 Å². The summed E-state index contributed by atoms with van der Waals surface area (Å²) in [5.74, 6) is 0.606. The molecule has 1 aromatic rings. The summed E-state index contributed by atoms with van der Waals surface area (Å²) in [6.07, 6.45) is -1.77. The maximum Gasteiger partial charge on any atom is 0.408 e. The molecule has 2 fully saturated rings. The van der Waals surface area contributed by atoms with E-state index in [-0.39, 0.29) is 18.7 Å². The van der Waals surface area contributed by atoms with Crippen LogP contribution in [0.25, 0.3) is 0 Å². The summed E-state index contributed by atoms with van der Waals surface area (Å²) in [6.45, 7) is 0.270. The zero-order chi connectivity index (χ0) is 16.2. The third-order valence-electron chi connectivity index (χ3n) is 4.42. The highest BCUT2D eigenvalue weighted by Crippen LogP contribution is 2.46. The first-order chi connectivity index (χ1) is 10.9. The third-order valence-corrected chi connectivity index (χ3v) is 5.26. The molecule has 4 rings (SSSR count). The first-order valence-corrected chi connectivity index (χ1v) is 8.43. The lowest BCUT2D eigenvalue weighted by molar-refractivity contribution is -0.145. The van der Waals surface area contributed by atoms with Gasteiger partial charge < -0.3 is 9.62 Å². The van der Waals surface area contributed by atoms with Crippen molar-refractivity contribution in [1.82, 2.24) is 4.72 Å². The SMILES string of the molecule is Fc1cc2c(c(N3CCC[C@@H]3C(F)(F)F)c1)N=C(C1CC1)NS2. The van der Waals surface area contributed by atoms with Crippen LogP contribution in [0.4, 0.5) is 28.9 Å². The Bertz CT molecular complexity index is 669. The lowest BCUT2D eigenvalue weighted by atomic mass is 10.1. The molecule has 0 amide bonds. The predicted molar refractivity (Wildman–Crippen MR) is 81.6 cm³/mol. The number of alkyl halides is 3. The van der Waals surface area contributed by atoms with E-state index in [1.807, 2.05) is 0 Å². The Morgan fingerprint density at radius 2 is 2.00 bits per heavy atom. The molecule has 0 bridgehead atoms. The summed E-state index contributed by atoms with van der Waals surface area (Å²) in [4.78, 5) is 6.32. The number of anilines is 1. The van der Waals surface area contributed by atoms with Crippen molar-refractivity contribution in [2.24, 2.45) is 10.9 Å². The third kappa shape index (κ3) is 2.77. The Morgan fingerprint density at radius 1 is 1.22 bits per heavy atom. The van der Waals surface area contributed by atoms with Crippen LogP contribution >= 0.6 is 11.9 Å². The number of aliphatic imine (C=N–C) groups is 1. The Balaban J connectivity index is 1.78. The summed E-state index contributed by atoms with van der Waals surface area (Å²) in [6, 6.07) is 0.943. The van der Waals surface area contributed by atoms with Gasteiger partial charge in [-0.25, -0.2) is 9.38 Å². The van der Waals surface area contributed by atoms with Crippen LogP contribution in [0.15, 0.2) is 22.0 Å². The van der Waals surface area contributed by atoms with Crippen molar-refractivity contribution < 1.29 is 17.6 Å². The van der Waals surface area contributed by atoms with Crippen molar-refractivity contribution in [3.05, 3.63) is 17.9 Å². The van der Waals surface area contributed by atoms with Crippen molar-refractivity contribution in [1.29, 1.82) is 0 Å². The summed E-state index contributed by atoms with van der Waals surface area (Å²) in [5, 5.41) is 0. The number of fused-ring (bicyclic) bond motifs is 1. The summed E-state index contributed by atoms with van der Waals surface area (Å²) < 4.78 is 56.8. The Kier molecular flexibility index (Phi) is 3.48. The van der Waals surface area contributed by atoms with Gasteiger partial charge in [0, 0.05) is 12.5 Å². The van der Waals surface area contributed by atoms with Crippen LogP contribution in [-0.2, 0) is 0 Å². The minimum atomic E-state index is -4.32. The fourth-order valence-corrected chi connectivity index (χ4v) is 3.99. The molecule has 2 heterocycles. The van der Waals surface area contributed by atoms with E-state index in [1.54, 1.807) is 0 Å². The second-order valence-electron chi connectivity index (χ2n) is 6.14. The molecular formula is C15H15F4N3S. The molecular weight excluding hydrogens is 330 g/mol. The molecule has 0 unspecified atom stereocenters. The average molecular weight is 345 g/mol. The summed E-state index contributed by atoms with van der Waals surface area (Å²) >= 11 is 1.23. The zero-order valence-corrected chi connectivity index (χ0v) is 13.0. The molecule has 1 saturated carbocycles. The Morgan fingerprint density at radius 3 is 2.70 bits per heavy atom. The van der Waals surface area contributed by atoms with Gasteiger partial charge in [-0.05, 0) is 49.8 Å². The number of hydrogen-bond acceptors (Lipinski definition) is 4.